The Morgan fingerprint density at radius 1 is 1.43 bits per heavy atom. The van der Waals surface area contributed by atoms with Crippen molar-refractivity contribution in [2.45, 2.75) is 19.3 Å². The predicted octanol–water partition coefficient (Wildman–Crippen LogP) is 3.63. The molecule has 1 aromatic rings. The topological polar surface area (TPSA) is 20.2 Å². The molecule has 0 saturated carbocycles. The van der Waals surface area contributed by atoms with E-state index in [0.717, 1.165) is 12.0 Å². The Balaban J connectivity index is 2.95. The summed E-state index contributed by atoms with van der Waals surface area (Å²) in [6.45, 7) is 9.80. The van der Waals surface area contributed by atoms with Crippen LogP contribution in [0.5, 0.6) is 5.75 Å². The van der Waals surface area contributed by atoms with Crippen LogP contribution in [-0.2, 0) is 0 Å². The average Bonchev–Trinajstić information content (AvgIpc) is 2.21. The summed E-state index contributed by atoms with van der Waals surface area (Å²) in [4.78, 5) is 0. The number of phenolic OH excluding ortho intramolecular Hbond substituents is 1. The van der Waals surface area contributed by atoms with Crippen LogP contribution in [0.15, 0.2) is 49.1 Å². The Bertz CT molecular complexity index is 322. The summed E-state index contributed by atoms with van der Waals surface area (Å²) < 4.78 is 0. The van der Waals surface area contributed by atoms with Gasteiger partial charge in [0.15, 0.2) is 0 Å². The second-order valence-electron chi connectivity index (χ2n) is 3.33. The van der Waals surface area contributed by atoms with Crippen molar-refractivity contribution in [3.63, 3.8) is 0 Å². The Morgan fingerprint density at radius 3 is 2.43 bits per heavy atom. The molecule has 1 atom stereocenters. The number of allylic oxidation sites excluding steroid dienone is 2. The maximum absolute atomic E-state index is 9.16. The van der Waals surface area contributed by atoms with E-state index in [0.29, 0.717) is 11.7 Å². The van der Waals surface area contributed by atoms with Crippen molar-refractivity contribution in [2.24, 2.45) is 0 Å². The minimum Gasteiger partial charge on any atom is -0.508 e. The number of rotatable bonds is 4. The molecule has 0 amide bonds. The fraction of sp³-hybridized carbons (Fsp3) is 0.231. The summed E-state index contributed by atoms with van der Waals surface area (Å²) in [7, 11) is 0. The smallest absolute Gasteiger partial charge is 0.115 e. The van der Waals surface area contributed by atoms with Crippen molar-refractivity contribution in [1.29, 1.82) is 0 Å². The number of aromatic hydroxyl groups is 1. The molecular formula is C13H16O. The van der Waals surface area contributed by atoms with Crippen LogP contribution in [-0.4, -0.2) is 5.11 Å². The normalized spacial score (nSPS) is 12.1. The van der Waals surface area contributed by atoms with Gasteiger partial charge in [0.05, 0.1) is 0 Å². The molecule has 1 N–H and O–H groups in total. The molecular weight excluding hydrogens is 172 g/mol. The first-order valence-corrected chi connectivity index (χ1v) is 4.79. The minimum absolute atomic E-state index is 0.299. The second-order valence-corrected chi connectivity index (χ2v) is 3.33. The Morgan fingerprint density at radius 2 is 2.00 bits per heavy atom. The van der Waals surface area contributed by atoms with Crippen LogP contribution in [0.1, 0.15) is 24.8 Å². The largest absolute Gasteiger partial charge is 0.508 e. The third-order valence-electron chi connectivity index (χ3n) is 2.41. The van der Waals surface area contributed by atoms with Gasteiger partial charge in [0.1, 0.15) is 5.75 Å². The zero-order valence-corrected chi connectivity index (χ0v) is 8.53. The first-order chi connectivity index (χ1) is 6.69. The molecule has 1 aromatic carbocycles. The maximum Gasteiger partial charge on any atom is 0.115 e. The van der Waals surface area contributed by atoms with E-state index in [2.05, 4.69) is 20.1 Å². The van der Waals surface area contributed by atoms with Gasteiger partial charge in [0.25, 0.3) is 0 Å². The molecule has 0 aliphatic carbocycles. The average molecular weight is 188 g/mol. The van der Waals surface area contributed by atoms with Crippen LogP contribution in [0, 0.1) is 0 Å². The van der Waals surface area contributed by atoms with Gasteiger partial charge in [0.2, 0.25) is 0 Å². The number of hydrogen-bond acceptors (Lipinski definition) is 1. The quantitative estimate of drug-likeness (QED) is 0.715. The molecule has 14 heavy (non-hydrogen) atoms. The highest BCUT2D eigenvalue weighted by molar-refractivity contribution is 5.35. The number of phenols is 1. The third kappa shape index (κ3) is 2.25. The summed E-state index contributed by atoms with van der Waals surface area (Å²) in [5, 5.41) is 9.16. The van der Waals surface area contributed by atoms with Crippen LogP contribution >= 0.6 is 0 Å². The molecule has 74 valence electrons. The lowest BCUT2D eigenvalue weighted by molar-refractivity contribution is 0.475. The van der Waals surface area contributed by atoms with Gasteiger partial charge in [-0.1, -0.05) is 38.3 Å². The van der Waals surface area contributed by atoms with E-state index in [1.165, 1.54) is 5.56 Å². The molecule has 0 radical (unpaired) electrons. The zero-order chi connectivity index (χ0) is 10.6. The summed E-state index contributed by atoms with van der Waals surface area (Å²) in [6.07, 6.45) is 2.79. The first kappa shape index (κ1) is 10.6. The van der Waals surface area contributed by atoms with Gasteiger partial charge >= 0.3 is 0 Å². The summed E-state index contributed by atoms with van der Waals surface area (Å²) in [5.41, 5.74) is 2.20. The van der Waals surface area contributed by atoms with E-state index in [1.54, 1.807) is 18.2 Å². The van der Waals surface area contributed by atoms with Crippen LogP contribution in [0.3, 0.4) is 0 Å². The lowest BCUT2D eigenvalue weighted by atomic mass is 9.90. The Labute approximate surface area is 85.4 Å². The van der Waals surface area contributed by atoms with Gasteiger partial charge in [-0.15, -0.1) is 0 Å². The van der Waals surface area contributed by atoms with Crippen molar-refractivity contribution >= 4 is 0 Å². The second kappa shape index (κ2) is 4.66. The van der Waals surface area contributed by atoms with Gasteiger partial charge in [-0.2, -0.15) is 0 Å². The zero-order valence-electron chi connectivity index (χ0n) is 8.53. The van der Waals surface area contributed by atoms with E-state index in [-0.39, 0.29) is 0 Å². The lowest BCUT2D eigenvalue weighted by Crippen LogP contribution is -1.98. The Hall–Kier alpha value is -1.50. The van der Waals surface area contributed by atoms with E-state index in [1.807, 2.05) is 12.1 Å². The molecule has 0 fully saturated rings. The van der Waals surface area contributed by atoms with Crippen molar-refractivity contribution in [2.75, 3.05) is 0 Å². The number of benzene rings is 1. The van der Waals surface area contributed by atoms with Crippen molar-refractivity contribution < 1.29 is 5.11 Å². The minimum atomic E-state index is 0.299. The van der Waals surface area contributed by atoms with Gasteiger partial charge in [-0.3, -0.25) is 0 Å². The van der Waals surface area contributed by atoms with E-state index >= 15 is 0 Å². The lowest BCUT2D eigenvalue weighted by Gasteiger charge is -2.15. The highest BCUT2D eigenvalue weighted by Gasteiger charge is 2.10. The molecule has 1 rings (SSSR count). The van der Waals surface area contributed by atoms with E-state index < -0.39 is 0 Å². The molecule has 0 heterocycles. The standard InChI is InChI=1S/C13H16O/c1-4-10(3)13(5-2)11-6-8-12(14)9-7-11/h4,6-9,13-14H,1,3,5H2,2H3. The molecule has 0 saturated heterocycles. The highest BCUT2D eigenvalue weighted by Crippen LogP contribution is 2.28. The molecule has 1 heteroatoms. The molecule has 0 aliphatic heterocycles. The van der Waals surface area contributed by atoms with Gasteiger partial charge in [-0.25, -0.2) is 0 Å². The van der Waals surface area contributed by atoms with Crippen LogP contribution < -0.4 is 0 Å². The summed E-state index contributed by atoms with van der Waals surface area (Å²) in [6, 6.07) is 7.26. The van der Waals surface area contributed by atoms with E-state index in [9.17, 15) is 0 Å². The third-order valence-corrected chi connectivity index (χ3v) is 2.41. The predicted molar refractivity (Wildman–Crippen MR) is 60.5 cm³/mol. The van der Waals surface area contributed by atoms with Crippen molar-refractivity contribution in [3.05, 3.63) is 54.6 Å². The fourth-order valence-electron chi connectivity index (χ4n) is 1.56. The summed E-state index contributed by atoms with van der Waals surface area (Å²) >= 11 is 0. The van der Waals surface area contributed by atoms with Crippen LogP contribution in [0.4, 0.5) is 0 Å². The van der Waals surface area contributed by atoms with E-state index in [4.69, 9.17) is 5.11 Å². The van der Waals surface area contributed by atoms with Gasteiger partial charge in [-0.05, 0) is 29.7 Å². The highest BCUT2D eigenvalue weighted by atomic mass is 16.3. The monoisotopic (exact) mass is 188 g/mol. The Kier molecular flexibility index (Phi) is 3.52. The molecule has 0 aliphatic rings. The SMILES string of the molecule is C=CC(=C)C(CC)c1ccc(O)cc1. The first-order valence-electron chi connectivity index (χ1n) is 4.79. The molecule has 0 spiro atoms. The van der Waals surface area contributed by atoms with Gasteiger partial charge in [0, 0.05) is 5.92 Å². The molecule has 0 bridgehead atoms. The van der Waals surface area contributed by atoms with Crippen molar-refractivity contribution in [1.82, 2.24) is 0 Å². The van der Waals surface area contributed by atoms with Crippen LogP contribution in [0.25, 0.3) is 0 Å². The molecule has 0 aromatic heterocycles. The van der Waals surface area contributed by atoms with Crippen LogP contribution in [0.2, 0.25) is 0 Å². The number of hydrogen-bond donors (Lipinski definition) is 1. The van der Waals surface area contributed by atoms with Gasteiger partial charge < -0.3 is 5.11 Å². The molecule has 1 unspecified atom stereocenters. The summed E-state index contributed by atoms with van der Waals surface area (Å²) in [5.74, 6) is 0.612. The fourth-order valence-corrected chi connectivity index (χ4v) is 1.56. The molecule has 1 nitrogen and oxygen atoms in total. The maximum atomic E-state index is 9.16. The van der Waals surface area contributed by atoms with Crippen molar-refractivity contribution in [3.8, 4) is 5.75 Å².